The van der Waals surface area contributed by atoms with Crippen LogP contribution in [-0.4, -0.2) is 61.6 Å². The number of fused-ring (bicyclic) bond motifs is 1. The predicted molar refractivity (Wildman–Crippen MR) is 103 cm³/mol. The van der Waals surface area contributed by atoms with Crippen LogP contribution in [0.5, 0.6) is 0 Å². The number of carbonyl (C=O) groups is 1. The lowest BCUT2D eigenvalue weighted by Crippen LogP contribution is -2.43. The van der Waals surface area contributed by atoms with Crippen LogP contribution in [0.25, 0.3) is 11.0 Å². The van der Waals surface area contributed by atoms with Crippen molar-refractivity contribution >= 4 is 16.9 Å². The van der Waals surface area contributed by atoms with Crippen molar-refractivity contribution in [1.82, 2.24) is 9.80 Å². The third-order valence-electron chi connectivity index (χ3n) is 5.32. The van der Waals surface area contributed by atoms with Crippen LogP contribution in [-0.2, 0) is 16.0 Å². The zero-order valence-corrected chi connectivity index (χ0v) is 16.2. The van der Waals surface area contributed by atoms with Crippen LogP contribution in [0.4, 0.5) is 0 Å². The van der Waals surface area contributed by atoms with Gasteiger partial charge in [0.1, 0.15) is 5.58 Å². The number of amides is 1. The average Bonchev–Trinajstić information content (AvgIpc) is 3.09. The minimum absolute atomic E-state index is 0.0411. The van der Waals surface area contributed by atoms with Gasteiger partial charge in [-0.3, -0.25) is 9.69 Å². The van der Waals surface area contributed by atoms with E-state index >= 15 is 0 Å². The molecule has 0 aliphatic carbocycles. The Morgan fingerprint density at radius 1 is 1.26 bits per heavy atom. The van der Waals surface area contributed by atoms with Gasteiger partial charge in [0.05, 0.1) is 38.4 Å². The van der Waals surface area contributed by atoms with Gasteiger partial charge in [-0.15, -0.1) is 0 Å². The molecule has 0 N–H and O–H groups in total. The van der Waals surface area contributed by atoms with Gasteiger partial charge >= 0.3 is 0 Å². The van der Waals surface area contributed by atoms with Gasteiger partial charge < -0.3 is 14.1 Å². The van der Waals surface area contributed by atoms with Crippen LogP contribution in [0.15, 0.2) is 22.8 Å². The highest BCUT2D eigenvalue weighted by Crippen LogP contribution is 2.27. The molecular formula is C21H27N3O3. The minimum atomic E-state index is 0.0411. The quantitative estimate of drug-likeness (QED) is 0.750. The average molecular weight is 369 g/mol. The third-order valence-corrected chi connectivity index (χ3v) is 5.32. The zero-order chi connectivity index (χ0) is 19.2. The van der Waals surface area contributed by atoms with E-state index in [-0.39, 0.29) is 5.91 Å². The van der Waals surface area contributed by atoms with Crippen LogP contribution in [0, 0.1) is 25.2 Å². The summed E-state index contributed by atoms with van der Waals surface area (Å²) in [5.41, 5.74) is 4.05. The third kappa shape index (κ3) is 4.68. The Bertz CT molecular complexity index is 831. The molecule has 1 aliphatic rings. The maximum atomic E-state index is 12.9. The first-order valence-electron chi connectivity index (χ1n) is 9.51. The van der Waals surface area contributed by atoms with Crippen LogP contribution in [0.2, 0.25) is 0 Å². The Morgan fingerprint density at radius 2 is 2.04 bits per heavy atom. The Hall–Kier alpha value is -2.36. The second-order valence-corrected chi connectivity index (χ2v) is 7.06. The van der Waals surface area contributed by atoms with Crippen molar-refractivity contribution in [2.24, 2.45) is 0 Å². The lowest BCUT2D eigenvalue weighted by Gasteiger charge is -2.29. The van der Waals surface area contributed by atoms with Gasteiger partial charge in [-0.2, -0.15) is 5.26 Å². The summed E-state index contributed by atoms with van der Waals surface area (Å²) in [4.78, 5) is 17.0. The lowest BCUT2D eigenvalue weighted by molar-refractivity contribution is -0.130. The van der Waals surface area contributed by atoms with Crippen molar-refractivity contribution in [3.8, 4) is 6.07 Å². The number of morpholine rings is 1. The fourth-order valence-electron chi connectivity index (χ4n) is 3.43. The molecule has 27 heavy (non-hydrogen) atoms. The van der Waals surface area contributed by atoms with Crippen LogP contribution < -0.4 is 0 Å². The molecule has 1 amide bonds. The second-order valence-electron chi connectivity index (χ2n) is 7.06. The molecule has 1 aromatic carbocycles. The van der Waals surface area contributed by atoms with Gasteiger partial charge in [-0.05, 0) is 25.0 Å². The van der Waals surface area contributed by atoms with Crippen molar-refractivity contribution in [1.29, 1.82) is 5.26 Å². The first kappa shape index (κ1) is 19.4. The molecule has 0 radical (unpaired) electrons. The van der Waals surface area contributed by atoms with Crippen LogP contribution >= 0.6 is 0 Å². The van der Waals surface area contributed by atoms with E-state index in [9.17, 15) is 4.79 Å². The van der Waals surface area contributed by atoms with E-state index in [1.807, 2.05) is 13.0 Å². The first-order valence-corrected chi connectivity index (χ1v) is 9.51. The normalized spacial score (nSPS) is 15.0. The fraction of sp³-hybridized carbons (Fsp3) is 0.524. The molecule has 144 valence electrons. The fourth-order valence-corrected chi connectivity index (χ4v) is 3.43. The van der Waals surface area contributed by atoms with Crippen LogP contribution in [0.3, 0.4) is 0 Å². The highest BCUT2D eigenvalue weighted by Gasteiger charge is 2.19. The monoisotopic (exact) mass is 369 g/mol. The van der Waals surface area contributed by atoms with Gasteiger partial charge in [0, 0.05) is 43.7 Å². The lowest BCUT2D eigenvalue weighted by atomic mass is 10.0. The van der Waals surface area contributed by atoms with Crippen molar-refractivity contribution in [3.05, 3.63) is 35.1 Å². The van der Waals surface area contributed by atoms with E-state index in [4.69, 9.17) is 14.4 Å². The Morgan fingerprint density at radius 3 is 2.78 bits per heavy atom. The summed E-state index contributed by atoms with van der Waals surface area (Å²) in [6, 6.07) is 6.23. The summed E-state index contributed by atoms with van der Waals surface area (Å²) in [5, 5.41) is 9.94. The molecule has 1 aromatic heterocycles. The summed E-state index contributed by atoms with van der Waals surface area (Å²) in [6.07, 6.45) is 2.34. The summed E-state index contributed by atoms with van der Waals surface area (Å²) in [5.74, 6) is 0.0411. The molecule has 0 unspecified atom stereocenters. The van der Waals surface area contributed by atoms with E-state index in [1.165, 1.54) is 5.56 Å². The molecule has 0 spiro atoms. The molecule has 3 rings (SSSR count). The molecule has 1 saturated heterocycles. The molecule has 1 aliphatic heterocycles. The first-order chi connectivity index (χ1) is 13.1. The molecule has 2 heterocycles. The van der Waals surface area contributed by atoms with E-state index in [0.717, 1.165) is 54.9 Å². The molecule has 0 saturated carbocycles. The molecule has 2 aromatic rings. The van der Waals surface area contributed by atoms with Crippen molar-refractivity contribution in [3.63, 3.8) is 0 Å². The number of furan rings is 1. The summed E-state index contributed by atoms with van der Waals surface area (Å²) in [7, 11) is 0. The molecule has 0 bridgehead atoms. The molecule has 1 fully saturated rings. The number of hydrogen-bond acceptors (Lipinski definition) is 5. The van der Waals surface area contributed by atoms with Crippen molar-refractivity contribution in [2.75, 3.05) is 45.9 Å². The number of hydrogen-bond donors (Lipinski definition) is 0. The molecular weight excluding hydrogens is 342 g/mol. The number of aryl methyl sites for hydroxylation is 2. The van der Waals surface area contributed by atoms with Crippen molar-refractivity contribution < 1.29 is 13.9 Å². The number of nitrogens with zero attached hydrogens (tertiary/aromatic N) is 3. The van der Waals surface area contributed by atoms with E-state index in [2.05, 4.69) is 24.0 Å². The SMILES string of the molecule is Cc1ccc2c(CC(=O)N(CCC#N)CCN3CCOCC3)coc2c1C. The van der Waals surface area contributed by atoms with Gasteiger partial charge in [0.15, 0.2) is 0 Å². The van der Waals surface area contributed by atoms with E-state index in [0.29, 0.717) is 25.9 Å². The molecule has 6 heteroatoms. The number of benzene rings is 1. The summed E-state index contributed by atoms with van der Waals surface area (Å²) >= 11 is 0. The number of carbonyl (C=O) groups excluding carboxylic acids is 1. The van der Waals surface area contributed by atoms with Crippen LogP contribution in [0.1, 0.15) is 23.1 Å². The Labute approximate surface area is 160 Å². The minimum Gasteiger partial charge on any atom is -0.464 e. The van der Waals surface area contributed by atoms with E-state index in [1.54, 1.807) is 11.2 Å². The maximum absolute atomic E-state index is 12.9. The van der Waals surface area contributed by atoms with Gasteiger partial charge in [0.25, 0.3) is 0 Å². The number of rotatable bonds is 7. The predicted octanol–water partition coefficient (Wildman–Crippen LogP) is 2.67. The number of nitriles is 1. The Balaban J connectivity index is 1.68. The number of ether oxygens (including phenoxy) is 1. The molecule has 6 nitrogen and oxygen atoms in total. The smallest absolute Gasteiger partial charge is 0.227 e. The largest absolute Gasteiger partial charge is 0.464 e. The van der Waals surface area contributed by atoms with Crippen molar-refractivity contribution in [2.45, 2.75) is 26.7 Å². The highest BCUT2D eigenvalue weighted by atomic mass is 16.5. The van der Waals surface area contributed by atoms with Gasteiger partial charge in [0.2, 0.25) is 5.91 Å². The Kier molecular flexibility index (Phi) is 6.49. The van der Waals surface area contributed by atoms with Gasteiger partial charge in [-0.25, -0.2) is 0 Å². The summed E-state index contributed by atoms with van der Waals surface area (Å²) < 4.78 is 11.1. The summed E-state index contributed by atoms with van der Waals surface area (Å²) in [6.45, 7) is 9.27. The standard InChI is InChI=1S/C21H27N3O3/c1-16-4-5-19-18(15-27-21(19)17(16)2)14-20(25)24(7-3-6-22)9-8-23-10-12-26-13-11-23/h4-5,15H,3,7-14H2,1-2H3. The maximum Gasteiger partial charge on any atom is 0.227 e. The highest BCUT2D eigenvalue weighted by molar-refractivity contribution is 5.89. The van der Waals surface area contributed by atoms with Gasteiger partial charge in [-0.1, -0.05) is 12.1 Å². The second kappa shape index (κ2) is 9.03. The zero-order valence-electron chi connectivity index (χ0n) is 16.2. The molecule has 0 atom stereocenters. The topological polar surface area (TPSA) is 69.7 Å². The van der Waals surface area contributed by atoms with E-state index < -0.39 is 0 Å².